The van der Waals surface area contributed by atoms with Crippen LogP contribution in [-0.2, 0) is 6.42 Å². The molecule has 0 amide bonds. The summed E-state index contributed by atoms with van der Waals surface area (Å²) in [7, 11) is 1.63. The second-order valence-corrected chi connectivity index (χ2v) is 3.58. The highest BCUT2D eigenvalue weighted by Gasteiger charge is 2.05. The van der Waals surface area contributed by atoms with Crippen LogP contribution in [0, 0.1) is 0 Å². The van der Waals surface area contributed by atoms with E-state index in [1.165, 1.54) is 5.56 Å². The molecule has 0 aromatic carbocycles. The van der Waals surface area contributed by atoms with Crippen molar-refractivity contribution in [1.29, 1.82) is 0 Å². The van der Waals surface area contributed by atoms with Gasteiger partial charge in [-0.1, -0.05) is 19.9 Å². The molecule has 3 heteroatoms. The lowest BCUT2D eigenvalue weighted by atomic mass is 10.1. The van der Waals surface area contributed by atoms with E-state index in [0.29, 0.717) is 11.9 Å². The van der Waals surface area contributed by atoms with Crippen LogP contribution in [-0.4, -0.2) is 24.7 Å². The topological polar surface area (TPSA) is 34.1 Å². The quantitative estimate of drug-likeness (QED) is 0.776. The average molecular weight is 208 g/mol. The minimum atomic E-state index is 0.546. The number of nitrogens with zero attached hydrogens (tertiary/aromatic N) is 1. The third-order valence-corrected chi connectivity index (χ3v) is 2.47. The first-order valence-corrected chi connectivity index (χ1v) is 5.52. The Morgan fingerprint density at radius 3 is 2.67 bits per heavy atom. The van der Waals surface area contributed by atoms with E-state index in [0.717, 1.165) is 19.4 Å². The van der Waals surface area contributed by atoms with Crippen LogP contribution >= 0.6 is 0 Å². The lowest BCUT2D eigenvalue weighted by Crippen LogP contribution is -2.30. The molecule has 15 heavy (non-hydrogen) atoms. The molecule has 1 atom stereocenters. The van der Waals surface area contributed by atoms with Gasteiger partial charge in [-0.05, 0) is 24.9 Å². The van der Waals surface area contributed by atoms with Crippen molar-refractivity contribution in [3.8, 4) is 5.88 Å². The summed E-state index contributed by atoms with van der Waals surface area (Å²) >= 11 is 0. The Morgan fingerprint density at radius 1 is 1.40 bits per heavy atom. The van der Waals surface area contributed by atoms with Gasteiger partial charge in [-0.15, -0.1) is 0 Å². The maximum absolute atomic E-state index is 5.02. The lowest BCUT2D eigenvalue weighted by Gasteiger charge is -2.15. The van der Waals surface area contributed by atoms with Gasteiger partial charge in [0, 0.05) is 18.3 Å². The number of rotatable bonds is 6. The van der Waals surface area contributed by atoms with Crippen LogP contribution in [0.25, 0.3) is 0 Å². The third kappa shape index (κ3) is 3.88. The number of hydrogen-bond donors (Lipinski definition) is 1. The zero-order valence-electron chi connectivity index (χ0n) is 9.79. The summed E-state index contributed by atoms with van der Waals surface area (Å²) in [5.41, 5.74) is 1.25. The fraction of sp³-hybridized carbons (Fsp3) is 0.583. The van der Waals surface area contributed by atoms with Gasteiger partial charge in [-0.3, -0.25) is 0 Å². The summed E-state index contributed by atoms with van der Waals surface area (Å²) < 4.78 is 5.02. The predicted octanol–water partition coefficient (Wildman–Crippen LogP) is 2.02. The zero-order valence-corrected chi connectivity index (χ0v) is 9.79. The molecule has 3 nitrogen and oxygen atoms in total. The lowest BCUT2D eigenvalue weighted by molar-refractivity contribution is 0.397. The van der Waals surface area contributed by atoms with Crippen molar-refractivity contribution in [2.45, 2.75) is 32.7 Å². The van der Waals surface area contributed by atoms with Gasteiger partial charge < -0.3 is 10.1 Å². The standard InChI is InChI=1S/C12H20N2O/c1-4-11(13-5-2)8-10-6-7-12(15-3)14-9-10/h6-7,9,11,13H,4-5,8H2,1-3H3. The fourth-order valence-electron chi connectivity index (χ4n) is 1.59. The second-order valence-electron chi connectivity index (χ2n) is 3.58. The molecule has 0 aliphatic rings. The molecule has 1 aromatic rings. The first-order valence-electron chi connectivity index (χ1n) is 5.52. The number of likely N-dealkylation sites (N-methyl/N-ethyl adjacent to an activating group) is 1. The van der Waals surface area contributed by atoms with Crippen LogP contribution in [0.15, 0.2) is 18.3 Å². The third-order valence-electron chi connectivity index (χ3n) is 2.47. The van der Waals surface area contributed by atoms with Crippen molar-refractivity contribution in [2.24, 2.45) is 0 Å². The van der Waals surface area contributed by atoms with Gasteiger partial charge in [0.15, 0.2) is 0 Å². The van der Waals surface area contributed by atoms with E-state index >= 15 is 0 Å². The van der Waals surface area contributed by atoms with Crippen LogP contribution in [0.2, 0.25) is 0 Å². The van der Waals surface area contributed by atoms with E-state index in [1.807, 2.05) is 12.3 Å². The molecule has 0 radical (unpaired) electrons. The van der Waals surface area contributed by atoms with Gasteiger partial charge in [0.2, 0.25) is 5.88 Å². The number of methoxy groups -OCH3 is 1. The smallest absolute Gasteiger partial charge is 0.212 e. The van der Waals surface area contributed by atoms with Gasteiger partial charge in [0.1, 0.15) is 0 Å². The van der Waals surface area contributed by atoms with Crippen molar-refractivity contribution in [3.05, 3.63) is 23.9 Å². The number of nitrogens with one attached hydrogen (secondary N) is 1. The fourth-order valence-corrected chi connectivity index (χ4v) is 1.59. The van der Waals surface area contributed by atoms with Crippen molar-refractivity contribution < 1.29 is 4.74 Å². The van der Waals surface area contributed by atoms with Crippen LogP contribution in [0.5, 0.6) is 5.88 Å². The maximum atomic E-state index is 5.02. The molecule has 0 saturated heterocycles. The van der Waals surface area contributed by atoms with E-state index in [-0.39, 0.29) is 0 Å². The van der Waals surface area contributed by atoms with Crippen molar-refractivity contribution >= 4 is 0 Å². The molecule has 1 rings (SSSR count). The SMILES string of the molecule is CCNC(CC)Cc1ccc(OC)nc1. The molecule has 0 saturated carbocycles. The van der Waals surface area contributed by atoms with Gasteiger partial charge >= 0.3 is 0 Å². The van der Waals surface area contributed by atoms with Gasteiger partial charge in [0.25, 0.3) is 0 Å². The highest BCUT2D eigenvalue weighted by Crippen LogP contribution is 2.09. The van der Waals surface area contributed by atoms with Crippen molar-refractivity contribution in [2.75, 3.05) is 13.7 Å². The number of hydrogen-bond acceptors (Lipinski definition) is 3. The van der Waals surface area contributed by atoms with Crippen LogP contribution < -0.4 is 10.1 Å². The molecule has 1 unspecified atom stereocenters. The Balaban J connectivity index is 2.55. The molecular weight excluding hydrogens is 188 g/mol. The van der Waals surface area contributed by atoms with Crippen LogP contribution in [0.3, 0.4) is 0 Å². The average Bonchev–Trinajstić information content (AvgIpc) is 2.29. The first kappa shape index (κ1) is 12.0. The van der Waals surface area contributed by atoms with Crippen LogP contribution in [0.1, 0.15) is 25.8 Å². The zero-order chi connectivity index (χ0) is 11.1. The molecule has 0 bridgehead atoms. The monoisotopic (exact) mass is 208 g/mol. The van der Waals surface area contributed by atoms with E-state index in [4.69, 9.17) is 4.74 Å². The van der Waals surface area contributed by atoms with Crippen molar-refractivity contribution in [1.82, 2.24) is 10.3 Å². The minimum Gasteiger partial charge on any atom is -0.481 e. The highest BCUT2D eigenvalue weighted by atomic mass is 16.5. The Labute approximate surface area is 91.9 Å². The molecule has 1 aromatic heterocycles. The van der Waals surface area contributed by atoms with Gasteiger partial charge in [-0.2, -0.15) is 0 Å². The molecule has 84 valence electrons. The molecule has 0 spiro atoms. The van der Waals surface area contributed by atoms with E-state index in [2.05, 4.69) is 30.2 Å². The first-order chi connectivity index (χ1) is 7.30. The normalized spacial score (nSPS) is 12.5. The Morgan fingerprint density at radius 2 is 2.20 bits per heavy atom. The summed E-state index contributed by atoms with van der Waals surface area (Å²) in [4.78, 5) is 4.19. The van der Waals surface area contributed by atoms with Gasteiger partial charge in [0.05, 0.1) is 7.11 Å². The second kappa shape index (κ2) is 6.40. The maximum Gasteiger partial charge on any atom is 0.212 e. The number of pyridine rings is 1. The van der Waals surface area contributed by atoms with Crippen LogP contribution in [0.4, 0.5) is 0 Å². The van der Waals surface area contributed by atoms with Gasteiger partial charge in [-0.25, -0.2) is 4.98 Å². The summed E-state index contributed by atoms with van der Waals surface area (Å²) in [5.74, 6) is 0.676. The molecule has 0 fully saturated rings. The van der Waals surface area contributed by atoms with Crippen molar-refractivity contribution in [3.63, 3.8) is 0 Å². The highest BCUT2D eigenvalue weighted by molar-refractivity contribution is 5.18. The largest absolute Gasteiger partial charge is 0.481 e. The summed E-state index contributed by atoms with van der Waals surface area (Å²) in [6.45, 7) is 5.35. The predicted molar refractivity (Wildman–Crippen MR) is 62.2 cm³/mol. The summed E-state index contributed by atoms with van der Waals surface area (Å²) in [6.07, 6.45) is 4.06. The van der Waals surface area contributed by atoms with E-state index < -0.39 is 0 Å². The molecule has 1 heterocycles. The number of aromatic nitrogens is 1. The molecule has 0 aliphatic heterocycles. The minimum absolute atomic E-state index is 0.546. The summed E-state index contributed by atoms with van der Waals surface area (Å²) in [6, 6.07) is 4.53. The molecular formula is C12H20N2O. The molecule has 1 N–H and O–H groups in total. The Bertz CT molecular complexity index is 271. The Kier molecular flexibility index (Phi) is 5.12. The van der Waals surface area contributed by atoms with E-state index in [1.54, 1.807) is 7.11 Å². The van der Waals surface area contributed by atoms with E-state index in [9.17, 15) is 0 Å². The number of ether oxygens (including phenoxy) is 1. The Hall–Kier alpha value is -1.09. The molecule has 0 aliphatic carbocycles. The summed E-state index contributed by atoms with van der Waals surface area (Å²) in [5, 5.41) is 3.45.